The van der Waals surface area contributed by atoms with Gasteiger partial charge in [0.1, 0.15) is 0 Å². The molecule has 120 valence electrons. The van der Waals surface area contributed by atoms with Crippen LogP contribution in [0.2, 0.25) is 0 Å². The Morgan fingerprint density at radius 3 is 2.43 bits per heavy atom. The summed E-state index contributed by atoms with van der Waals surface area (Å²) in [6.07, 6.45) is 2.36. The fourth-order valence-corrected chi connectivity index (χ4v) is 2.46. The van der Waals surface area contributed by atoms with Gasteiger partial charge < -0.3 is 10.0 Å². The van der Waals surface area contributed by atoms with Gasteiger partial charge in [0.25, 0.3) is 5.97 Å². The fraction of sp³-hybridized carbons (Fsp3) is 0.278. The lowest BCUT2D eigenvalue weighted by Crippen LogP contribution is -2.26. The molecule has 3 rings (SSSR count). The van der Waals surface area contributed by atoms with E-state index in [9.17, 15) is 4.79 Å². The van der Waals surface area contributed by atoms with Crippen LogP contribution >= 0.6 is 0 Å². The molecule has 1 N–H and O–H groups in total. The van der Waals surface area contributed by atoms with E-state index in [1.807, 2.05) is 48.4 Å². The zero-order chi connectivity index (χ0) is 16.8. The first-order valence-corrected chi connectivity index (χ1v) is 7.41. The number of hydrogen-bond donors (Lipinski definition) is 1. The molecule has 0 bridgehead atoms. The molecule has 0 aliphatic carbocycles. The highest BCUT2D eigenvalue weighted by atomic mass is 16.4. The third kappa shape index (κ3) is 4.92. The summed E-state index contributed by atoms with van der Waals surface area (Å²) in [5, 5.41) is 7.42. The Balaban J connectivity index is 0.000000433. The standard InChI is InChI=1S/C16H16N2O.C2H4O2/c1-12-7-14-10-18(11-15(14)9-17-12)16(19)8-13-5-3-2-4-6-13;1-2(3)4/h2-7,9H,8,10-11H2,1H3;1H3,(H,3,4). The minimum atomic E-state index is -0.833. The predicted molar refractivity (Wildman–Crippen MR) is 86.7 cm³/mol. The Hall–Kier alpha value is -2.69. The average molecular weight is 312 g/mol. The molecule has 0 spiro atoms. The van der Waals surface area contributed by atoms with Gasteiger partial charge in [-0.1, -0.05) is 30.3 Å². The first-order chi connectivity index (χ1) is 11.0. The summed E-state index contributed by atoms with van der Waals surface area (Å²) in [5.74, 6) is -0.653. The van der Waals surface area contributed by atoms with Crippen LogP contribution in [0.3, 0.4) is 0 Å². The van der Waals surface area contributed by atoms with Crippen LogP contribution in [0.4, 0.5) is 0 Å². The molecule has 2 aromatic rings. The largest absolute Gasteiger partial charge is 0.481 e. The Kier molecular flexibility index (Phi) is 5.46. The maximum atomic E-state index is 12.3. The second-order valence-electron chi connectivity index (χ2n) is 5.53. The number of benzene rings is 1. The third-order valence-corrected chi connectivity index (χ3v) is 3.49. The van der Waals surface area contributed by atoms with Gasteiger partial charge in [0.2, 0.25) is 5.91 Å². The zero-order valence-corrected chi connectivity index (χ0v) is 13.3. The Morgan fingerprint density at radius 1 is 1.17 bits per heavy atom. The van der Waals surface area contributed by atoms with E-state index in [2.05, 4.69) is 11.1 Å². The monoisotopic (exact) mass is 312 g/mol. The van der Waals surface area contributed by atoms with Crippen LogP contribution in [0.25, 0.3) is 0 Å². The maximum Gasteiger partial charge on any atom is 0.300 e. The van der Waals surface area contributed by atoms with E-state index in [1.165, 1.54) is 11.1 Å². The van der Waals surface area contributed by atoms with Crippen molar-refractivity contribution in [3.05, 3.63) is 65.0 Å². The minimum absolute atomic E-state index is 0.181. The lowest BCUT2D eigenvalue weighted by molar-refractivity contribution is -0.134. The van der Waals surface area contributed by atoms with E-state index in [4.69, 9.17) is 9.90 Å². The number of aliphatic carboxylic acids is 1. The molecule has 2 heterocycles. The number of pyridine rings is 1. The number of carboxylic acid groups (broad SMARTS) is 1. The van der Waals surface area contributed by atoms with Crippen LogP contribution in [0.15, 0.2) is 42.6 Å². The first kappa shape index (κ1) is 16.7. The normalized spacial score (nSPS) is 12.2. The predicted octanol–water partition coefficient (Wildman–Crippen LogP) is 2.57. The van der Waals surface area contributed by atoms with E-state index < -0.39 is 5.97 Å². The molecule has 23 heavy (non-hydrogen) atoms. The van der Waals surface area contributed by atoms with Crippen molar-refractivity contribution >= 4 is 11.9 Å². The molecule has 0 unspecified atom stereocenters. The number of carbonyl (C=O) groups excluding carboxylic acids is 1. The first-order valence-electron chi connectivity index (χ1n) is 7.41. The number of nitrogens with zero attached hydrogens (tertiary/aromatic N) is 2. The highest BCUT2D eigenvalue weighted by molar-refractivity contribution is 5.79. The summed E-state index contributed by atoms with van der Waals surface area (Å²) in [4.78, 5) is 27.5. The highest BCUT2D eigenvalue weighted by Crippen LogP contribution is 2.23. The average Bonchev–Trinajstić information content (AvgIpc) is 2.91. The molecular weight excluding hydrogens is 292 g/mol. The Labute approximate surface area is 135 Å². The van der Waals surface area contributed by atoms with Gasteiger partial charge in [-0.3, -0.25) is 14.6 Å². The van der Waals surface area contributed by atoms with E-state index in [0.717, 1.165) is 18.2 Å². The van der Waals surface area contributed by atoms with Gasteiger partial charge in [-0.05, 0) is 29.7 Å². The number of aryl methyl sites for hydroxylation is 1. The van der Waals surface area contributed by atoms with Crippen molar-refractivity contribution in [3.63, 3.8) is 0 Å². The molecule has 1 aromatic carbocycles. The molecule has 0 saturated heterocycles. The van der Waals surface area contributed by atoms with Crippen molar-refractivity contribution in [3.8, 4) is 0 Å². The van der Waals surface area contributed by atoms with Gasteiger partial charge in [-0.15, -0.1) is 0 Å². The smallest absolute Gasteiger partial charge is 0.300 e. The van der Waals surface area contributed by atoms with Crippen LogP contribution < -0.4 is 0 Å². The van der Waals surface area contributed by atoms with Crippen LogP contribution in [-0.4, -0.2) is 26.9 Å². The fourth-order valence-electron chi connectivity index (χ4n) is 2.46. The Morgan fingerprint density at radius 2 is 1.78 bits per heavy atom. The number of carbonyl (C=O) groups is 2. The maximum absolute atomic E-state index is 12.3. The Bertz CT molecular complexity index is 695. The summed E-state index contributed by atoms with van der Waals surface area (Å²) in [5.41, 5.74) is 4.48. The topological polar surface area (TPSA) is 70.5 Å². The highest BCUT2D eigenvalue weighted by Gasteiger charge is 2.23. The molecule has 5 heteroatoms. The van der Waals surface area contributed by atoms with Crippen LogP contribution in [0.1, 0.15) is 29.3 Å². The van der Waals surface area contributed by atoms with E-state index in [-0.39, 0.29) is 5.91 Å². The summed E-state index contributed by atoms with van der Waals surface area (Å²) >= 11 is 0. The zero-order valence-electron chi connectivity index (χ0n) is 13.3. The van der Waals surface area contributed by atoms with Crippen molar-refractivity contribution < 1.29 is 14.7 Å². The van der Waals surface area contributed by atoms with Crippen molar-refractivity contribution in [2.75, 3.05) is 0 Å². The number of amides is 1. The lowest BCUT2D eigenvalue weighted by atomic mass is 10.1. The summed E-state index contributed by atoms with van der Waals surface area (Å²) in [6, 6.07) is 12.0. The summed E-state index contributed by atoms with van der Waals surface area (Å²) in [7, 11) is 0. The van der Waals surface area contributed by atoms with Crippen molar-refractivity contribution in [1.82, 2.24) is 9.88 Å². The molecular formula is C18H20N2O3. The second kappa shape index (κ2) is 7.54. The van der Waals surface area contributed by atoms with Gasteiger partial charge in [-0.25, -0.2) is 0 Å². The van der Waals surface area contributed by atoms with Crippen molar-refractivity contribution in [1.29, 1.82) is 0 Å². The van der Waals surface area contributed by atoms with E-state index in [0.29, 0.717) is 19.5 Å². The molecule has 1 aliphatic heterocycles. The quantitative estimate of drug-likeness (QED) is 0.925. The SMILES string of the molecule is CC(=O)O.Cc1cc2c(cn1)CN(C(=O)Cc1ccccc1)C2. The third-order valence-electron chi connectivity index (χ3n) is 3.49. The number of rotatable bonds is 2. The van der Waals surface area contributed by atoms with Crippen molar-refractivity contribution in [2.45, 2.75) is 33.4 Å². The number of fused-ring (bicyclic) bond motifs is 1. The van der Waals surface area contributed by atoms with Gasteiger partial charge in [-0.2, -0.15) is 0 Å². The molecule has 0 atom stereocenters. The molecule has 0 radical (unpaired) electrons. The van der Waals surface area contributed by atoms with E-state index in [1.54, 1.807) is 0 Å². The van der Waals surface area contributed by atoms with E-state index >= 15 is 0 Å². The minimum Gasteiger partial charge on any atom is -0.481 e. The molecule has 1 aromatic heterocycles. The van der Waals surface area contributed by atoms with Crippen LogP contribution in [-0.2, 0) is 29.1 Å². The number of aromatic nitrogens is 1. The van der Waals surface area contributed by atoms with Gasteiger partial charge >= 0.3 is 0 Å². The van der Waals surface area contributed by atoms with Gasteiger partial charge in [0.05, 0.1) is 6.42 Å². The van der Waals surface area contributed by atoms with Gasteiger partial charge in [0.15, 0.2) is 0 Å². The van der Waals surface area contributed by atoms with Gasteiger partial charge in [0, 0.05) is 31.9 Å². The molecule has 0 fully saturated rings. The number of hydrogen-bond acceptors (Lipinski definition) is 3. The van der Waals surface area contributed by atoms with Crippen LogP contribution in [0.5, 0.6) is 0 Å². The number of carboxylic acids is 1. The lowest BCUT2D eigenvalue weighted by Gasteiger charge is -2.15. The molecule has 0 saturated carbocycles. The molecule has 1 aliphatic rings. The van der Waals surface area contributed by atoms with Crippen LogP contribution in [0, 0.1) is 6.92 Å². The molecule has 1 amide bonds. The summed E-state index contributed by atoms with van der Waals surface area (Å²) < 4.78 is 0. The second-order valence-corrected chi connectivity index (χ2v) is 5.53. The molecule has 5 nitrogen and oxygen atoms in total. The summed E-state index contributed by atoms with van der Waals surface area (Å²) in [6.45, 7) is 4.47. The van der Waals surface area contributed by atoms with Crippen molar-refractivity contribution in [2.24, 2.45) is 0 Å².